The van der Waals surface area contributed by atoms with Crippen molar-refractivity contribution in [3.8, 4) is 0 Å². The number of fused-ring (bicyclic) bond motifs is 1. The van der Waals surface area contributed by atoms with Gasteiger partial charge in [-0.15, -0.1) is 0 Å². The van der Waals surface area contributed by atoms with Crippen LogP contribution in [0.1, 0.15) is 32.7 Å². The number of hydrogen-bond acceptors (Lipinski definition) is 5. The van der Waals surface area contributed by atoms with Crippen LogP contribution in [0.5, 0.6) is 0 Å². The number of piperazine rings is 1. The largest absolute Gasteiger partial charge is 0.362 e. The van der Waals surface area contributed by atoms with E-state index in [-0.39, 0.29) is 11.8 Å². The number of anilines is 4. The molecule has 1 saturated heterocycles. The van der Waals surface area contributed by atoms with Crippen LogP contribution >= 0.6 is 0 Å². The molecular weight excluding hydrogens is 512 g/mol. The van der Waals surface area contributed by atoms with Crippen molar-refractivity contribution in [2.75, 3.05) is 49.2 Å². The van der Waals surface area contributed by atoms with Gasteiger partial charge in [-0.3, -0.25) is 14.5 Å². The monoisotopic (exact) mass is 546 g/mol. The van der Waals surface area contributed by atoms with Gasteiger partial charge in [-0.05, 0) is 73.6 Å². The van der Waals surface area contributed by atoms with Crippen molar-refractivity contribution in [1.82, 2.24) is 14.8 Å². The van der Waals surface area contributed by atoms with E-state index in [9.17, 15) is 9.59 Å². The standard InChI is InChI=1S/C33H34N6O2/c1-22-8-13-26(35-32(40)24-11-9-23(10-12-24)21-39-17-15-38(2)16-18-39)20-30(22)36-29-7-3-6-27-28(33(41)37-31(27)29)19-25-5-4-14-34-25/h3-14,19-20,34,36H,15-18,21H2,1-2H3,(H,35,40)(H,37,41). The molecule has 1 aromatic heterocycles. The lowest BCUT2D eigenvalue weighted by atomic mass is 10.0. The SMILES string of the molecule is Cc1ccc(NC(=O)c2ccc(CN3CCN(C)CC3)cc2)cc1Nc1cccc2c1NC(=O)C2=Cc1ccc[nH]1. The smallest absolute Gasteiger partial charge is 0.256 e. The Kier molecular flexibility index (Phi) is 7.41. The molecule has 0 unspecified atom stereocenters. The van der Waals surface area contributed by atoms with E-state index in [0.717, 1.165) is 66.6 Å². The van der Waals surface area contributed by atoms with E-state index in [2.05, 4.69) is 37.8 Å². The molecule has 8 heteroatoms. The number of H-pyrrole nitrogens is 1. The number of aryl methyl sites for hydroxylation is 1. The van der Waals surface area contributed by atoms with Gasteiger partial charge in [0.25, 0.3) is 11.8 Å². The van der Waals surface area contributed by atoms with Crippen LogP contribution in [0.3, 0.4) is 0 Å². The van der Waals surface area contributed by atoms with Gasteiger partial charge in [-0.1, -0.05) is 30.3 Å². The molecule has 0 saturated carbocycles. The fraction of sp³-hybridized carbons (Fsp3) is 0.212. The zero-order valence-electron chi connectivity index (χ0n) is 23.3. The maximum Gasteiger partial charge on any atom is 0.256 e. The molecule has 0 bridgehead atoms. The Morgan fingerprint density at radius 3 is 2.51 bits per heavy atom. The Labute approximate surface area is 240 Å². The zero-order valence-corrected chi connectivity index (χ0v) is 23.3. The molecular formula is C33H34N6O2. The Hall–Kier alpha value is -4.66. The molecule has 0 spiro atoms. The third-order valence-corrected chi connectivity index (χ3v) is 7.74. The van der Waals surface area contributed by atoms with Gasteiger partial charge in [0.1, 0.15) is 0 Å². The highest BCUT2D eigenvalue weighted by Crippen LogP contribution is 2.40. The number of benzene rings is 3. The van der Waals surface area contributed by atoms with E-state index in [1.807, 2.05) is 92.0 Å². The van der Waals surface area contributed by atoms with E-state index in [0.29, 0.717) is 16.8 Å². The van der Waals surface area contributed by atoms with Gasteiger partial charge < -0.3 is 25.8 Å². The maximum atomic E-state index is 13.1. The Morgan fingerprint density at radius 2 is 1.76 bits per heavy atom. The van der Waals surface area contributed by atoms with Gasteiger partial charge in [0, 0.05) is 67.1 Å². The maximum absolute atomic E-state index is 13.1. The predicted octanol–water partition coefficient (Wildman–Crippen LogP) is 5.56. The number of para-hydroxylation sites is 1. The predicted molar refractivity (Wildman–Crippen MR) is 165 cm³/mol. The summed E-state index contributed by atoms with van der Waals surface area (Å²) in [4.78, 5) is 33.8. The number of hydrogen-bond donors (Lipinski definition) is 4. The van der Waals surface area contributed by atoms with Crippen LogP contribution in [0, 0.1) is 6.92 Å². The molecule has 0 atom stereocenters. The summed E-state index contributed by atoms with van der Waals surface area (Å²) < 4.78 is 0. The summed E-state index contributed by atoms with van der Waals surface area (Å²) in [5.74, 6) is -0.297. The van der Waals surface area contributed by atoms with Crippen LogP contribution in [0.2, 0.25) is 0 Å². The summed E-state index contributed by atoms with van der Waals surface area (Å²) in [7, 11) is 2.16. The second-order valence-electron chi connectivity index (χ2n) is 10.8. The number of aromatic amines is 1. The van der Waals surface area contributed by atoms with Crippen molar-refractivity contribution in [2.24, 2.45) is 0 Å². The molecule has 3 aromatic carbocycles. The number of carbonyl (C=O) groups excluding carboxylic acids is 2. The topological polar surface area (TPSA) is 92.5 Å². The molecule has 0 aliphatic carbocycles. The first kappa shape index (κ1) is 26.6. The summed E-state index contributed by atoms with van der Waals surface area (Å²) in [6, 6.07) is 23.3. The lowest BCUT2D eigenvalue weighted by molar-refractivity contribution is -0.110. The van der Waals surface area contributed by atoms with Crippen molar-refractivity contribution in [3.05, 3.63) is 107 Å². The van der Waals surface area contributed by atoms with Crippen LogP contribution in [-0.4, -0.2) is 59.8 Å². The molecule has 2 amide bonds. The lowest BCUT2D eigenvalue weighted by Gasteiger charge is -2.32. The molecule has 4 N–H and O–H groups in total. The molecule has 4 aromatic rings. The lowest BCUT2D eigenvalue weighted by Crippen LogP contribution is -2.43. The Balaban J connectivity index is 1.15. The van der Waals surface area contributed by atoms with Gasteiger partial charge in [-0.2, -0.15) is 0 Å². The minimum Gasteiger partial charge on any atom is -0.362 e. The Morgan fingerprint density at radius 1 is 0.951 bits per heavy atom. The molecule has 3 heterocycles. The number of likely N-dealkylation sites (N-methyl/N-ethyl adjacent to an activating group) is 1. The van der Waals surface area contributed by atoms with Gasteiger partial charge in [0.15, 0.2) is 0 Å². The van der Waals surface area contributed by atoms with Crippen LogP contribution in [0.4, 0.5) is 22.7 Å². The average molecular weight is 547 g/mol. The summed E-state index contributed by atoms with van der Waals surface area (Å²) in [6.45, 7) is 7.20. The van der Waals surface area contributed by atoms with Gasteiger partial charge >= 0.3 is 0 Å². The van der Waals surface area contributed by atoms with Gasteiger partial charge in [-0.25, -0.2) is 0 Å². The first-order valence-electron chi connectivity index (χ1n) is 13.9. The number of carbonyl (C=O) groups is 2. The first-order valence-corrected chi connectivity index (χ1v) is 13.9. The number of nitrogens with zero attached hydrogens (tertiary/aromatic N) is 2. The number of aromatic nitrogens is 1. The molecule has 8 nitrogen and oxygen atoms in total. The fourth-order valence-electron chi connectivity index (χ4n) is 5.26. The molecule has 2 aliphatic heterocycles. The molecule has 0 radical (unpaired) electrons. The van der Waals surface area contributed by atoms with E-state index in [1.165, 1.54) is 5.56 Å². The van der Waals surface area contributed by atoms with Crippen molar-refractivity contribution < 1.29 is 9.59 Å². The van der Waals surface area contributed by atoms with Crippen LogP contribution in [0.15, 0.2) is 79.0 Å². The van der Waals surface area contributed by atoms with E-state index >= 15 is 0 Å². The second-order valence-corrected chi connectivity index (χ2v) is 10.8. The Bertz CT molecular complexity index is 1600. The van der Waals surface area contributed by atoms with Crippen LogP contribution < -0.4 is 16.0 Å². The summed E-state index contributed by atoms with van der Waals surface area (Å²) in [5, 5.41) is 9.51. The fourth-order valence-corrected chi connectivity index (χ4v) is 5.26. The molecule has 41 heavy (non-hydrogen) atoms. The molecule has 1 fully saturated rings. The number of rotatable bonds is 7. The van der Waals surface area contributed by atoms with Crippen molar-refractivity contribution in [1.29, 1.82) is 0 Å². The van der Waals surface area contributed by atoms with Crippen LogP contribution in [0.25, 0.3) is 11.6 Å². The third kappa shape index (κ3) is 5.94. The first-order chi connectivity index (χ1) is 19.9. The van der Waals surface area contributed by atoms with E-state index in [1.54, 1.807) is 0 Å². The normalized spacial score (nSPS) is 16.4. The summed E-state index contributed by atoms with van der Waals surface area (Å²) in [5.41, 5.74) is 8.21. The molecule has 208 valence electrons. The number of nitrogens with one attached hydrogen (secondary N) is 4. The third-order valence-electron chi connectivity index (χ3n) is 7.74. The minimum absolute atomic E-state index is 0.142. The van der Waals surface area contributed by atoms with E-state index in [4.69, 9.17) is 0 Å². The van der Waals surface area contributed by atoms with Crippen molar-refractivity contribution in [3.63, 3.8) is 0 Å². The zero-order chi connectivity index (χ0) is 28.3. The van der Waals surface area contributed by atoms with E-state index < -0.39 is 0 Å². The van der Waals surface area contributed by atoms with Crippen molar-refractivity contribution in [2.45, 2.75) is 13.5 Å². The molecule has 2 aliphatic rings. The van der Waals surface area contributed by atoms with Crippen molar-refractivity contribution >= 4 is 46.2 Å². The quantitative estimate of drug-likeness (QED) is 0.228. The second kappa shape index (κ2) is 11.4. The van der Waals surface area contributed by atoms with Crippen LogP contribution in [-0.2, 0) is 11.3 Å². The average Bonchev–Trinajstić information content (AvgIpc) is 3.60. The van der Waals surface area contributed by atoms with Gasteiger partial charge in [0.2, 0.25) is 0 Å². The van der Waals surface area contributed by atoms with Gasteiger partial charge in [0.05, 0.1) is 16.9 Å². The molecule has 6 rings (SSSR count). The highest BCUT2D eigenvalue weighted by atomic mass is 16.2. The summed E-state index contributed by atoms with van der Waals surface area (Å²) >= 11 is 0. The minimum atomic E-state index is -0.155. The highest BCUT2D eigenvalue weighted by Gasteiger charge is 2.26. The summed E-state index contributed by atoms with van der Waals surface area (Å²) in [6.07, 6.45) is 3.68. The number of amides is 2. The highest BCUT2D eigenvalue weighted by molar-refractivity contribution is 6.36.